The van der Waals surface area contributed by atoms with Gasteiger partial charge < -0.3 is 15.3 Å². The van der Waals surface area contributed by atoms with E-state index in [1.807, 2.05) is 63.8 Å². The number of rotatable bonds is 5. The Balaban J connectivity index is 1.80. The van der Waals surface area contributed by atoms with Crippen molar-refractivity contribution < 1.29 is 9.90 Å². The van der Waals surface area contributed by atoms with Crippen LogP contribution in [0.15, 0.2) is 24.3 Å². The number of carbonyl (C=O) groups excluding carboxylic acids is 1. The Labute approximate surface area is 154 Å². The topological polar surface area (TPSA) is 70.4 Å². The zero-order chi connectivity index (χ0) is 19.0. The number of nitrogens with one attached hydrogen (secondary N) is 1. The molecule has 2 aromatic rings. The zero-order valence-corrected chi connectivity index (χ0v) is 16.2. The highest BCUT2D eigenvalue weighted by molar-refractivity contribution is 5.80. The SMILES string of the molecule is Cc1ccccc1C(O)CN[C@@H]1CC(=O)N(C)[C@H]1c1c(C)nn(C)c1C. The van der Waals surface area contributed by atoms with E-state index < -0.39 is 6.10 Å². The molecule has 2 N–H and O–H groups in total. The van der Waals surface area contributed by atoms with Gasteiger partial charge in [0.25, 0.3) is 0 Å². The van der Waals surface area contributed by atoms with E-state index in [1.54, 1.807) is 4.90 Å². The Kier molecular flexibility index (Phi) is 5.16. The quantitative estimate of drug-likeness (QED) is 0.859. The van der Waals surface area contributed by atoms with Crippen molar-refractivity contribution in [2.75, 3.05) is 13.6 Å². The van der Waals surface area contributed by atoms with E-state index in [4.69, 9.17) is 0 Å². The van der Waals surface area contributed by atoms with Crippen LogP contribution in [0.1, 0.15) is 46.6 Å². The fourth-order valence-corrected chi connectivity index (χ4v) is 4.00. The van der Waals surface area contributed by atoms with Crippen LogP contribution in [0.25, 0.3) is 0 Å². The maximum absolute atomic E-state index is 12.4. The lowest BCUT2D eigenvalue weighted by atomic mass is 9.97. The average Bonchev–Trinajstić information content (AvgIpc) is 3.01. The average molecular weight is 356 g/mol. The molecule has 26 heavy (non-hydrogen) atoms. The summed E-state index contributed by atoms with van der Waals surface area (Å²) in [4.78, 5) is 14.2. The molecule has 0 aliphatic carbocycles. The fourth-order valence-electron chi connectivity index (χ4n) is 4.00. The van der Waals surface area contributed by atoms with Gasteiger partial charge in [-0.25, -0.2) is 0 Å². The molecule has 0 bridgehead atoms. The van der Waals surface area contributed by atoms with E-state index in [9.17, 15) is 9.90 Å². The van der Waals surface area contributed by atoms with Crippen molar-refractivity contribution >= 4 is 5.91 Å². The van der Waals surface area contributed by atoms with Gasteiger partial charge >= 0.3 is 0 Å². The second kappa shape index (κ2) is 7.21. The summed E-state index contributed by atoms with van der Waals surface area (Å²) < 4.78 is 1.86. The number of aromatic nitrogens is 2. The van der Waals surface area contributed by atoms with Crippen LogP contribution in [0, 0.1) is 20.8 Å². The smallest absolute Gasteiger partial charge is 0.224 e. The number of carbonyl (C=O) groups is 1. The van der Waals surface area contributed by atoms with Crippen LogP contribution >= 0.6 is 0 Å². The van der Waals surface area contributed by atoms with Gasteiger partial charge in [-0.05, 0) is 31.9 Å². The van der Waals surface area contributed by atoms with Crippen molar-refractivity contribution in [3.63, 3.8) is 0 Å². The summed E-state index contributed by atoms with van der Waals surface area (Å²) in [5.74, 6) is 0.112. The van der Waals surface area contributed by atoms with Crippen LogP contribution < -0.4 is 5.32 Å². The van der Waals surface area contributed by atoms with Crippen LogP contribution in [0.2, 0.25) is 0 Å². The third-order valence-electron chi connectivity index (χ3n) is 5.57. The lowest BCUT2D eigenvalue weighted by Crippen LogP contribution is -2.38. The molecule has 140 valence electrons. The van der Waals surface area contributed by atoms with Gasteiger partial charge in [-0.3, -0.25) is 9.48 Å². The summed E-state index contributed by atoms with van der Waals surface area (Å²) in [5, 5.41) is 18.5. The molecule has 0 saturated carbocycles. The lowest BCUT2D eigenvalue weighted by molar-refractivity contribution is -0.127. The molecule has 1 amide bonds. The number of aliphatic hydroxyl groups excluding tert-OH is 1. The Morgan fingerprint density at radius 3 is 2.58 bits per heavy atom. The number of likely N-dealkylation sites (N-methyl/N-ethyl adjacent to an activating group) is 1. The standard InChI is InChI=1S/C20H28N4O2/c1-12-8-6-7-9-15(12)17(25)11-21-16-10-18(26)23(4)20(16)19-13(2)22-24(5)14(19)3/h6-9,16-17,20-21,25H,10-11H2,1-5H3/t16-,17?,20-/m1/s1. The van der Waals surface area contributed by atoms with Crippen LogP contribution in [0.4, 0.5) is 0 Å². The normalized spacial score (nSPS) is 21.5. The first kappa shape index (κ1) is 18.6. The summed E-state index contributed by atoms with van der Waals surface area (Å²) in [7, 11) is 3.77. The number of hydrogen-bond donors (Lipinski definition) is 2. The number of nitrogens with zero attached hydrogens (tertiary/aromatic N) is 3. The third-order valence-corrected chi connectivity index (χ3v) is 5.57. The molecule has 0 spiro atoms. The molecular weight excluding hydrogens is 328 g/mol. The highest BCUT2D eigenvalue weighted by Crippen LogP contribution is 2.35. The summed E-state index contributed by atoms with van der Waals surface area (Å²) in [6.07, 6.45) is -0.177. The minimum Gasteiger partial charge on any atom is -0.387 e. The van der Waals surface area contributed by atoms with Gasteiger partial charge in [0.15, 0.2) is 0 Å². The predicted octanol–water partition coefficient (Wildman–Crippen LogP) is 1.94. The molecule has 2 heterocycles. The van der Waals surface area contributed by atoms with Gasteiger partial charge in [0.2, 0.25) is 5.91 Å². The molecule has 1 aromatic heterocycles. The number of likely N-dealkylation sites (tertiary alicyclic amines) is 1. The van der Waals surface area contributed by atoms with E-state index in [2.05, 4.69) is 10.4 Å². The zero-order valence-electron chi connectivity index (χ0n) is 16.2. The highest BCUT2D eigenvalue weighted by atomic mass is 16.3. The van der Waals surface area contributed by atoms with E-state index in [0.717, 1.165) is 28.1 Å². The summed E-state index contributed by atoms with van der Waals surface area (Å²) >= 11 is 0. The van der Waals surface area contributed by atoms with Crippen molar-refractivity contribution in [3.05, 3.63) is 52.3 Å². The minimum absolute atomic E-state index is 0.0484. The number of benzene rings is 1. The van der Waals surface area contributed by atoms with Gasteiger partial charge in [-0.2, -0.15) is 5.10 Å². The molecule has 3 rings (SSSR count). The van der Waals surface area contributed by atoms with Gasteiger partial charge in [0.1, 0.15) is 0 Å². The minimum atomic E-state index is -0.603. The molecule has 6 heteroatoms. The second-order valence-corrected chi connectivity index (χ2v) is 7.25. The van der Waals surface area contributed by atoms with E-state index in [-0.39, 0.29) is 18.0 Å². The first-order valence-electron chi connectivity index (χ1n) is 9.04. The van der Waals surface area contributed by atoms with Crippen LogP contribution in [-0.4, -0.2) is 45.3 Å². The first-order valence-corrected chi connectivity index (χ1v) is 9.04. The Hall–Kier alpha value is -2.18. The molecule has 3 atom stereocenters. The Morgan fingerprint density at radius 2 is 1.96 bits per heavy atom. The molecule has 1 aromatic carbocycles. The van der Waals surface area contributed by atoms with Crippen LogP contribution in [-0.2, 0) is 11.8 Å². The molecule has 6 nitrogen and oxygen atoms in total. The van der Waals surface area contributed by atoms with Crippen molar-refractivity contribution in [1.82, 2.24) is 20.0 Å². The van der Waals surface area contributed by atoms with Crippen molar-refractivity contribution in [2.45, 2.75) is 45.4 Å². The summed E-state index contributed by atoms with van der Waals surface area (Å²) in [5.41, 5.74) is 5.10. The highest BCUT2D eigenvalue weighted by Gasteiger charge is 2.41. The molecule has 1 fully saturated rings. The van der Waals surface area contributed by atoms with Gasteiger partial charge in [0.05, 0.1) is 17.8 Å². The second-order valence-electron chi connectivity index (χ2n) is 7.25. The number of hydrogen-bond acceptors (Lipinski definition) is 4. The van der Waals surface area contributed by atoms with E-state index >= 15 is 0 Å². The van der Waals surface area contributed by atoms with Gasteiger partial charge in [0, 0.05) is 44.4 Å². The molecular formula is C20H28N4O2. The summed E-state index contributed by atoms with van der Waals surface area (Å²) in [6.45, 7) is 6.42. The molecule has 0 radical (unpaired) electrons. The summed E-state index contributed by atoms with van der Waals surface area (Å²) in [6, 6.07) is 7.72. The molecule has 1 saturated heterocycles. The van der Waals surface area contributed by atoms with Crippen molar-refractivity contribution in [3.8, 4) is 0 Å². The maximum Gasteiger partial charge on any atom is 0.224 e. The van der Waals surface area contributed by atoms with Gasteiger partial charge in [-0.15, -0.1) is 0 Å². The molecule has 1 aliphatic heterocycles. The Bertz CT molecular complexity index is 814. The Morgan fingerprint density at radius 1 is 1.27 bits per heavy atom. The van der Waals surface area contributed by atoms with E-state index in [1.165, 1.54) is 0 Å². The number of amides is 1. The number of aryl methyl sites for hydroxylation is 3. The third kappa shape index (κ3) is 3.27. The van der Waals surface area contributed by atoms with Crippen molar-refractivity contribution in [1.29, 1.82) is 0 Å². The molecule has 1 unspecified atom stereocenters. The predicted molar refractivity (Wildman–Crippen MR) is 101 cm³/mol. The largest absolute Gasteiger partial charge is 0.387 e. The van der Waals surface area contributed by atoms with Gasteiger partial charge in [-0.1, -0.05) is 24.3 Å². The number of aliphatic hydroxyl groups is 1. The van der Waals surface area contributed by atoms with E-state index in [0.29, 0.717) is 13.0 Å². The van der Waals surface area contributed by atoms with Crippen LogP contribution in [0.3, 0.4) is 0 Å². The molecule has 1 aliphatic rings. The van der Waals surface area contributed by atoms with Crippen LogP contribution in [0.5, 0.6) is 0 Å². The maximum atomic E-state index is 12.4. The first-order chi connectivity index (χ1) is 12.3. The lowest BCUT2D eigenvalue weighted by Gasteiger charge is -2.27. The fraction of sp³-hybridized carbons (Fsp3) is 0.500. The monoisotopic (exact) mass is 356 g/mol. The van der Waals surface area contributed by atoms with Crippen molar-refractivity contribution in [2.24, 2.45) is 7.05 Å².